The van der Waals surface area contributed by atoms with Gasteiger partial charge in [0.15, 0.2) is 5.65 Å². The molecule has 0 unspecified atom stereocenters. The lowest BCUT2D eigenvalue weighted by Crippen LogP contribution is -2.31. The van der Waals surface area contributed by atoms with E-state index in [0.717, 1.165) is 17.0 Å². The van der Waals surface area contributed by atoms with Crippen molar-refractivity contribution in [3.05, 3.63) is 68.3 Å². The Kier molecular flexibility index (Phi) is 7.48. The maximum absolute atomic E-state index is 13.2. The molecule has 3 aromatic heterocycles. The van der Waals surface area contributed by atoms with E-state index in [9.17, 15) is 9.59 Å². The summed E-state index contributed by atoms with van der Waals surface area (Å²) in [6, 6.07) is 8.32. The molecule has 0 aliphatic rings. The third-order valence-corrected chi connectivity index (χ3v) is 6.10. The van der Waals surface area contributed by atoms with E-state index in [1.165, 1.54) is 7.11 Å². The molecule has 0 spiro atoms. The molecule has 3 heterocycles. The van der Waals surface area contributed by atoms with Gasteiger partial charge in [0.1, 0.15) is 12.8 Å². The fourth-order valence-electron chi connectivity index (χ4n) is 3.65. The molecular weight excluding hydrogens is 505 g/mol. The SMILES string of the molecule is COn1c(=O)c(-c2c(Cl)cccc2Cl)cc2cnc(Nc3cc(C(=O)NCCN(C)C)[nH]c3C)nc21. The Labute approximate surface area is 217 Å². The Balaban J connectivity index is 1.66. The molecule has 1 aromatic carbocycles. The van der Waals surface area contributed by atoms with Crippen molar-refractivity contribution in [3.63, 3.8) is 0 Å². The molecule has 0 bridgehead atoms. The lowest BCUT2D eigenvalue weighted by molar-refractivity contribution is 0.0946. The fourth-order valence-corrected chi connectivity index (χ4v) is 4.25. The van der Waals surface area contributed by atoms with Crippen molar-refractivity contribution in [2.24, 2.45) is 0 Å². The quantitative estimate of drug-likeness (QED) is 0.319. The monoisotopic (exact) mass is 529 g/mol. The molecule has 0 fully saturated rings. The number of hydrogen-bond donors (Lipinski definition) is 3. The first kappa shape index (κ1) is 25.5. The zero-order chi connectivity index (χ0) is 26.0. The van der Waals surface area contributed by atoms with Crippen LogP contribution in [0.1, 0.15) is 16.2 Å². The third-order valence-electron chi connectivity index (χ3n) is 5.47. The van der Waals surface area contributed by atoms with Crippen LogP contribution in [-0.2, 0) is 0 Å². The molecule has 0 saturated heterocycles. The summed E-state index contributed by atoms with van der Waals surface area (Å²) in [6.45, 7) is 3.08. The van der Waals surface area contributed by atoms with Crippen LogP contribution in [0.2, 0.25) is 10.0 Å². The number of hydrogen-bond acceptors (Lipinski definition) is 7. The van der Waals surface area contributed by atoms with Crippen molar-refractivity contribution < 1.29 is 9.63 Å². The number of fused-ring (bicyclic) bond motifs is 1. The van der Waals surface area contributed by atoms with Crippen molar-refractivity contribution in [1.82, 2.24) is 29.9 Å². The summed E-state index contributed by atoms with van der Waals surface area (Å²) in [5, 5.41) is 7.17. The molecule has 12 heteroatoms. The normalized spacial score (nSPS) is 11.2. The zero-order valence-corrected chi connectivity index (χ0v) is 21.7. The van der Waals surface area contributed by atoms with E-state index in [-0.39, 0.29) is 23.1 Å². The number of H-pyrrole nitrogens is 1. The second-order valence-corrected chi connectivity index (χ2v) is 9.13. The lowest BCUT2D eigenvalue weighted by Gasteiger charge is -2.13. The van der Waals surface area contributed by atoms with Crippen molar-refractivity contribution in [3.8, 4) is 11.1 Å². The minimum absolute atomic E-state index is 0.216. The predicted octanol–water partition coefficient (Wildman–Crippen LogP) is 3.50. The van der Waals surface area contributed by atoms with Crippen LogP contribution in [-0.4, -0.2) is 64.8 Å². The molecule has 0 saturated carbocycles. The van der Waals surface area contributed by atoms with Gasteiger partial charge < -0.3 is 25.4 Å². The summed E-state index contributed by atoms with van der Waals surface area (Å²) in [6.07, 6.45) is 1.56. The van der Waals surface area contributed by atoms with Crippen LogP contribution in [0.5, 0.6) is 0 Å². The highest BCUT2D eigenvalue weighted by molar-refractivity contribution is 6.39. The summed E-state index contributed by atoms with van der Waals surface area (Å²) < 4.78 is 1.06. The Morgan fingerprint density at radius 1 is 1.22 bits per heavy atom. The first-order chi connectivity index (χ1) is 17.2. The van der Waals surface area contributed by atoms with Gasteiger partial charge in [0.2, 0.25) is 5.95 Å². The second-order valence-electron chi connectivity index (χ2n) is 8.32. The number of likely N-dealkylation sites (N-methyl/N-ethyl adjacent to an activating group) is 1. The van der Waals surface area contributed by atoms with E-state index < -0.39 is 5.56 Å². The van der Waals surface area contributed by atoms with Gasteiger partial charge in [-0.25, -0.2) is 4.98 Å². The minimum Gasteiger partial charge on any atom is -0.412 e. The maximum atomic E-state index is 13.2. The second kappa shape index (κ2) is 10.6. The van der Waals surface area contributed by atoms with Gasteiger partial charge in [-0.3, -0.25) is 9.59 Å². The van der Waals surface area contributed by atoms with Gasteiger partial charge in [-0.15, -0.1) is 4.73 Å². The smallest absolute Gasteiger partial charge is 0.293 e. The Hall–Kier alpha value is -3.60. The van der Waals surface area contributed by atoms with Gasteiger partial charge in [0, 0.05) is 35.9 Å². The predicted molar refractivity (Wildman–Crippen MR) is 141 cm³/mol. The molecule has 4 rings (SSSR count). The number of nitrogens with zero attached hydrogens (tertiary/aromatic N) is 4. The summed E-state index contributed by atoms with van der Waals surface area (Å²) in [7, 11) is 5.24. The molecule has 3 N–H and O–H groups in total. The number of aromatic nitrogens is 4. The van der Waals surface area contributed by atoms with E-state index in [0.29, 0.717) is 38.9 Å². The summed E-state index contributed by atoms with van der Waals surface area (Å²) in [5.74, 6) is 0.00399. The number of amides is 1. The van der Waals surface area contributed by atoms with Crippen LogP contribution in [0.3, 0.4) is 0 Å². The van der Waals surface area contributed by atoms with Crippen molar-refractivity contribution in [1.29, 1.82) is 0 Å². The number of aromatic amines is 1. The van der Waals surface area contributed by atoms with E-state index in [2.05, 4.69) is 25.6 Å². The van der Waals surface area contributed by atoms with Crippen LogP contribution in [0.15, 0.2) is 41.3 Å². The molecule has 10 nitrogen and oxygen atoms in total. The van der Waals surface area contributed by atoms with Gasteiger partial charge in [-0.1, -0.05) is 29.3 Å². The number of rotatable bonds is 8. The van der Waals surface area contributed by atoms with E-state index in [1.54, 1.807) is 36.5 Å². The van der Waals surface area contributed by atoms with Gasteiger partial charge >= 0.3 is 0 Å². The molecular formula is C24H25Cl2N7O3. The zero-order valence-electron chi connectivity index (χ0n) is 20.1. The van der Waals surface area contributed by atoms with Gasteiger partial charge in [0.05, 0.1) is 21.3 Å². The molecule has 0 aliphatic carbocycles. The van der Waals surface area contributed by atoms with Crippen molar-refractivity contribution in [2.75, 3.05) is 39.6 Å². The fraction of sp³-hybridized carbons (Fsp3) is 0.250. The van der Waals surface area contributed by atoms with Crippen molar-refractivity contribution in [2.45, 2.75) is 6.92 Å². The van der Waals surface area contributed by atoms with Gasteiger partial charge in [-0.2, -0.15) is 4.98 Å². The molecule has 1 amide bonds. The molecule has 0 atom stereocenters. The molecule has 0 aliphatic heterocycles. The van der Waals surface area contributed by atoms with Gasteiger partial charge in [-0.05, 0) is 45.3 Å². The maximum Gasteiger partial charge on any atom is 0.293 e. The van der Waals surface area contributed by atoms with Crippen molar-refractivity contribution >= 4 is 51.8 Å². The minimum atomic E-state index is -0.473. The van der Waals surface area contributed by atoms with Crippen LogP contribution in [0.25, 0.3) is 22.2 Å². The Morgan fingerprint density at radius 3 is 2.61 bits per heavy atom. The molecule has 36 heavy (non-hydrogen) atoms. The van der Waals surface area contributed by atoms with Crippen LogP contribution >= 0.6 is 23.2 Å². The third kappa shape index (κ3) is 5.15. The van der Waals surface area contributed by atoms with E-state index in [1.807, 2.05) is 25.9 Å². The number of carbonyl (C=O) groups is 1. The van der Waals surface area contributed by atoms with Gasteiger partial charge in [0.25, 0.3) is 11.5 Å². The number of halogens is 2. The number of aryl methyl sites for hydroxylation is 1. The summed E-state index contributed by atoms with van der Waals surface area (Å²) in [5.41, 5.74) is 2.20. The standard InChI is InChI=1S/C24H25Cl2N7O3/c1-13-18(11-19(29-13)22(34)27-8-9-32(2)3)30-24-28-12-14-10-15(20-16(25)6-5-7-17(20)26)23(35)33(36-4)21(14)31-24/h5-7,10-12,29H,8-9H2,1-4H3,(H,27,34)(H,28,30,31). The highest BCUT2D eigenvalue weighted by Gasteiger charge is 2.19. The molecule has 4 aromatic rings. The number of benzene rings is 1. The molecule has 0 radical (unpaired) electrons. The summed E-state index contributed by atoms with van der Waals surface area (Å²) >= 11 is 12.7. The lowest BCUT2D eigenvalue weighted by atomic mass is 10.1. The van der Waals surface area contributed by atoms with Crippen LogP contribution in [0, 0.1) is 6.92 Å². The highest BCUT2D eigenvalue weighted by Crippen LogP contribution is 2.33. The van der Waals surface area contributed by atoms with Crippen LogP contribution < -0.4 is 21.0 Å². The first-order valence-corrected chi connectivity index (χ1v) is 11.8. The number of anilines is 2. The highest BCUT2D eigenvalue weighted by atomic mass is 35.5. The summed E-state index contributed by atoms with van der Waals surface area (Å²) in [4.78, 5) is 44.9. The number of pyridine rings is 1. The Morgan fingerprint density at radius 2 is 1.94 bits per heavy atom. The van der Waals surface area contributed by atoms with E-state index in [4.69, 9.17) is 28.0 Å². The average Bonchev–Trinajstić information content (AvgIpc) is 3.19. The van der Waals surface area contributed by atoms with Crippen LogP contribution in [0.4, 0.5) is 11.6 Å². The first-order valence-electron chi connectivity index (χ1n) is 11.0. The van der Waals surface area contributed by atoms with E-state index >= 15 is 0 Å². The topological polar surface area (TPSA) is 117 Å². The largest absolute Gasteiger partial charge is 0.412 e. The Bertz CT molecular complexity index is 1480. The molecule has 188 valence electrons. The number of nitrogens with one attached hydrogen (secondary N) is 3. The number of carbonyl (C=O) groups excluding carboxylic acids is 1. The average molecular weight is 530 g/mol.